The molecule has 4 rings (SSSR count). The lowest BCUT2D eigenvalue weighted by molar-refractivity contribution is -0.163. The first-order valence-electron chi connectivity index (χ1n) is 10.6. The van der Waals surface area contributed by atoms with Gasteiger partial charge in [0.15, 0.2) is 0 Å². The van der Waals surface area contributed by atoms with Gasteiger partial charge in [-0.25, -0.2) is 9.59 Å². The number of benzene rings is 1. The number of amides is 2. The maximum Gasteiger partial charge on any atom is 0.353 e. The average molecular weight is 512 g/mol. The van der Waals surface area contributed by atoms with Crippen molar-refractivity contribution in [2.24, 2.45) is 11.8 Å². The Bertz CT molecular complexity index is 1060. The summed E-state index contributed by atoms with van der Waals surface area (Å²) >= 11 is 1.36. The Morgan fingerprint density at radius 3 is 2.56 bits per heavy atom. The molecule has 1 aromatic carbocycles. The van der Waals surface area contributed by atoms with E-state index in [0.717, 1.165) is 0 Å². The Balaban J connectivity index is 0.00000324. The third kappa shape index (κ3) is 4.52. The first kappa shape index (κ1) is 26.0. The molecular weight excluding hydrogens is 486 g/mol. The summed E-state index contributed by atoms with van der Waals surface area (Å²) < 4.78 is 0. The molecule has 3 aliphatic rings. The van der Waals surface area contributed by atoms with E-state index in [0.29, 0.717) is 23.6 Å². The van der Waals surface area contributed by atoms with Crippen LogP contribution in [0, 0.1) is 11.8 Å². The van der Waals surface area contributed by atoms with Crippen molar-refractivity contribution in [1.82, 2.24) is 10.2 Å². The summed E-state index contributed by atoms with van der Waals surface area (Å²) in [6, 6.07) is 5.07. The van der Waals surface area contributed by atoms with Crippen molar-refractivity contribution in [3.63, 3.8) is 0 Å². The van der Waals surface area contributed by atoms with Crippen LogP contribution in [0.4, 0.5) is 5.69 Å². The maximum absolute atomic E-state index is 12.7. The van der Waals surface area contributed by atoms with Gasteiger partial charge in [-0.1, -0.05) is 13.0 Å². The topological polar surface area (TPSA) is 156 Å². The fourth-order valence-electron chi connectivity index (χ4n) is 4.81. The molecule has 12 heteroatoms. The van der Waals surface area contributed by atoms with Crippen molar-refractivity contribution >= 4 is 53.6 Å². The van der Waals surface area contributed by atoms with Gasteiger partial charge in [0.1, 0.15) is 5.70 Å². The number of aliphatic hydroxyl groups excluding tert-OH is 1. The minimum Gasteiger partial charge on any atom is -0.478 e. The van der Waals surface area contributed by atoms with Gasteiger partial charge in [0.05, 0.1) is 29.7 Å². The van der Waals surface area contributed by atoms with Gasteiger partial charge in [0.25, 0.3) is 0 Å². The lowest BCUT2D eigenvalue weighted by atomic mass is 9.79. The first-order valence-corrected chi connectivity index (χ1v) is 11.5. The largest absolute Gasteiger partial charge is 0.478 e. The molecule has 184 valence electrons. The molecule has 0 aromatic heterocycles. The summed E-state index contributed by atoms with van der Waals surface area (Å²) in [5.74, 6) is -3.79. The molecule has 3 aliphatic heterocycles. The number of carbonyl (C=O) groups is 4. The number of fused-ring (bicyclic) bond motifs is 1. The number of aliphatic hydroxyl groups is 1. The monoisotopic (exact) mass is 511 g/mol. The molecule has 0 aliphatic carbocycles. The zero-order valence-corrected chi connectivity index (χ0v) is 20.1. The van der Waals surface area contributed by atoms with Crippen LogP contribution < -0.4 is 10.6 Å². The van der Waals surface area contributed by atoms with E-state index in [1.54, 1.807) is 12.1 Å². The van der Waals surface area contributed by atoms with Crippen molar-refractivity contribution in [2.45, 2.75) is 43.7 Å². The fraction of sp³-hybridized carbons (Fsp3) is 0.455. The highest BCUT2D eigenvalue weighted by molar-refractivity contribution is 8.03. The summed E-state index contributed by atoms with van der Waals surface area (Å²) in [6.07, 6.45) is -0.419. The second-order valence-electron chi connectivity index (χ2n) is 8.58. The number of β-lactam (4-membered cyclic amide) rings is 1. The van der Waals surface area contributed by atoms with Crippen molar-refractivity contribution < 1.29 is 34.5 Å². The lowest BCUT2D eigenvalue weighted by Gasteiger charge is -2.46. The number of rotatable bonds is 7. The molecule has 0 radical (unpaired) electrons. The van der Waals surface area contributed by atoms with Crippen molar-refractivity contribution in [3.05, 3.63) is 40.4 Å². The minimum atomic E-state index is -1.18. The summed E-state index contributed by atoms with van der Waals surface area (Å²) in [7, 11) is 0. The van der Waals surface area contributed by atoms with Crippen LogP contribution in [0.25, 0.3) is 0 Å². The van der Waals surface area contributed by atoms with Gasteiger partial charge in [-0.15, -0.1) is 24.2 Å². The van der Waals surface area contributed by atoms with E-state index < -0.39 is 30.0 Å². The van der Waals surface area contributed by atoms with Crippen LogP contribution in [0.15, 0.2) is 34.9 Å². The van der Waals surface area contributed by atoms with Gasteiger partial charge >= 0.3 is 11.9 Å². The maximum atomic E-state index is 12.7. The molecule has 2 amide bonds. The van der Waals surface area contributed by atoms with Crippen LogP contribution in [0.5, 0.6) is 0 Å². The number of aromatic carboxylic acids is 1. The molecular formula is C22H26ClN3O7S. The van der Waals surface area contributed by atoms with E-state index in [-0.39, 0.29) is 52.7 Å². The number of nitrogens with one attached hydrogen (secondary N) is 2. The molecule has 1 aromatic rings. The number of hydrogen-bond donors (Lipinski definition) is 5. The molecule has 5 N–H and O–H groups in total. The zero-order valence-electron chi connectivity index (χ0n) is 18.4. The first-order chi connectivity index (χ1) is 15.6. The number of carboxylic acids is 2. The van der Waals surface area contributed by atoms with E-state index in [1.807, 2.05) is 6.92 Å². The Morgan fingerprint density at radius 1 is 1.24 bits per heavy atom. The van der Waals surface area contributed by atoms with Gasteiger partial charge in [0, 0.05) is 28.3 Å². The average Bonchev–Trinajstić information content (AvgIpc) is 3.30. The summed E-state index contributed by atoms with van der Waals surface area (Å²) in [5, 5.41) is 34.6. The third-order valence-electron chi connectivity index (χ3n) is 6.39. The van der Waals surface area contributed by atoms with E-state index >= 15 is 0 Å². The van der Waals surface area contributed by atoms with Gasteiger partial charge in [0.2, 0.25) is 11.8 Å². The normalized spacial score (nSPS) is 28.6. The predicted molar refractivity (Wildman–Crippen MR) is 127 cm³/mol. The Morgan fingerprint density at radius 2 is 1.94 bits per heavy atom. The molecule has 0 bridgehead atoms. The summed E-state index contributed by atoms with van der Waals surface area (Å²) in [4.78, 5) is 50.1. The molecule has 6 atom stereocenters. The highest BCUT2D eigenvalue weighted by Gasteiger charge is 2.60. The number of anilines is 1. The lowest BCUT2D eigenvalue weighted by Crippen LogP contribution is -2.63. The quantitative estimate of drug-likeness (QED) is 0.341. The molecule has 2 fully saturated rings. The molecule has 0 spiro atoms. The molecule has 2 saturated heterocycles. The van der Waals surface area contributed by atoms with Crippen molar-refractivity contribution in [1.29, 1.82) is 0 Å². The van der Waals surface area contributed by atoms with Crippen molar-refractivity contribution in [2.75, 3.05) is 11.9 Å². The number of hydrogen-bond acceptors (Lipinski definition) is 7. The number of halogens is 1. The highest BCUT2D eigenvalue weighted by atomic mass is 35.5. The smallest absolute Gasteiger partial charge is 0.353 e. The number of nitrogens with zero attached hydrogens (tertiary/aromatic N) is 1. The molecule has 0 unspecified atom stereocenters. The fourth-order valence-corrected chi connectivity index (χ4v) is 6.29. The van der Waals surface area contributed by atoms with Crippen LogP contribution in [-0.4, -0.2) is 74.0 Å². The van der Waals surface area contributed by atoms with Crippen LogP contribution in [0.1, 0.15) is 30.6 Å². The number of thioether (sulfide) groups is 1. The standard InChI is InChI=1S/C22H25N3O7S.ClH/c1-9-16-15(10(2)26)20(28)25(16)17(22(31)32)18(9)33-13-7-14(23-8-13)19(27)24-12-5-3-4-11(6-12)21(29)30;/h3-6,9-10,13-16,23,26H,7-8H2,1-2H3,(H,24,27)(H,29,30)(H,31,32);1H/t9-,10-,13+,14+,15-,16-;/m1./s1. The SMILES string of the molecule is C[C@@H](O)[C@H]1C(=O)N2C(C(=O)O)=C(S[C@@H]3CN[C@H](C(=O)Nc4cccc(C(=O)O)c4)C3)[C@H](C)[C@H]12.Cl. The number of carboxylic acid groups (broad SMARTS) is 2. The van der Waals surface area contributed by atoms with E-state index in [2.05, 4.69) is 10.6 Å². The minimum absolute atomic E-state index is 0. The molecule has 34 heavy (non-hydrogen) atoms. The zero-order chi connectivity index (χ0) is 24.0. The number of carbonyl (C=O) groups excluding carboxylic acids is 2. The Kier molecular flexibility index (Phi) is 7.61. The third-order valence-corrected chi connectivity index (χ3v) is 7.90. The van der Waals surface area contributed by atoms with E-state index in [4.69, 9.17) is 5.11 Å². The van der Waals surface area contributed by atoms with Gasteiger partial charge in [-0.3, -0.25) is 9.59 Å². The highest BCUT2D eigenvalue weighted by Crippen LogP contribution is 2.51. The second kappa shape index (κ2) is 9.95. The van der Waals surface area contributed by atoms with Crippen LogP contribution in [0.2, 0.25) is 0 Å². The predicted octanol–water partition coefficient (Wildman–Crippen LogP) is 1.36. The molecule has 0 saturated carbocycles. The molecule has 3 heterocycles. The van der Waals surface area contributed by atoms with Gasteiger partial charge < -0.3 is 30.9 Å². The second-order valence-corrected chi connectivity index (χ2v) is 9.93. The van der Waals surface area contributed by atoms with Crippen LogP contribution >= 0.6 is 24.2 Å². The summed E-state index contributed by atoms with van der Waals surface area (Å²) in [6.45, 7) is 3.87. The van der Waals surface area contributed by atoms with Crippen LogP contribution in [0.3, 0.4) is 0 Å². The Hall–Kier alpha value is -2.60. The summed E-state index contributed by atoms with van der Waals surface area (Å²) in [5.41, 5.74) is 0.418. The molecule has 10 nitrogen and oxygen atoms in total. The van der Waals surface area contributed by atoms with Gasteiger partial charge in [-0.05, 0) is 31.5 Å². The van der Waals surface area contributed by atoms with Crippen molar-refractivity contribution in [3.8, 4) is 0 Å². The van der Waals surface area contributed by atoms with E-state index in [1.165, 1.54) is 35.7 Å². The Labute approximate surface area is 206 Å². The van der Waals surface area contributed by atoms with E-state index in [9.17, 15) is 29.4 Å². The number of aliphatic carboxylic acids is 1. The van der Waals surface area contributed by atoms with Crippen LogP contribution in [-0.2, 0) is 14.4 Å². The van der Waals surface area contributed by atoms with Gasteiger partial charge in [-0.2, -0.15) is 0 Å².